The quantitative estimate of drug-likeness (QED) is 0.348. The summed E-state index contributed by atoms with van der Waals surface area (Å²) in [4.78, 5) is 0. The summed E-state index contributed by atoms with van der Waals surface area (Å²) in [6.07, 6.45) is 0. The van der Waals surface area contributed by atoms with Crippen molar-refractivity contribution in [2.75, 3.05) is 27.4 Å². The number of hydrogen-bond acceptors (Lipinski definition) is 2. The van der Waals surface area contributed by atoms with Crippen LogP contribution in [0.1, 0.15) is 0 Å². The van der Waals surface area contributed by atoms with E-state index in [9.17, 15) is 52.7 Å². The van der Waals surface area contributed by atoms with Crippen LogP contribution in [0, 0.1) is 0 Å². The number of alkyl halides is 12. The van der Waals surface area contributed by atoms with Gasteiger partial charge in [-0.05, 0) is 0 Å². The third-order valence-electron chi connectivity index (χ3n) is 5.26. The summed E-state index contributed by atoms with van der Waals surface area (Å²) >= 11 is 0. The van der Waals surface area contributed by atoms with E-state index in [1.165, 1.54) is 0 Å². The van der Waals surface area contributed by atoms with E-state index in [4.69, 9.17) is 0 Å². The van der Waals surface area contributed by atoms with Gasteiger partial charge in [0.05, 0.1) is 0 Å². The fourth-order valence-electron chi connectivity index (χ4n) is 3.01. The molecule has 16 heteroatoms. The maximum atomic E-state index is 13.4. The molecule has 0 N–H and O–H groups in total. The van der Waals surface area contributed by atoms with Crippen LogP contribution in [0.25, 0.3) is 0 Å². The summed E-state index contributed by atoms with van der Waals surface area (Å²) in [5, 5.41) is 0. The first-order chi connectivity index (χ1) is 9.98. The molecule has 0 atom stereocenters. The Morgan fingerprint density at radius 3 is 0.667 bits per heavy atom. The zero-order valence-corrected chi connectivity index (χ0v) is 14.1. The van der Waals surface area contributed by atoms with E-state index >= 15 is 0 Å². The minimum absolute atomic E-state index is 0.391. The van der Waals surface area contributed by atoms with E-state index < -0.39 is 73.8 Å². The van der Waals surface area contributed by atoms with E-state index in [0.29, 0.717) is 0 Å². The predicted octanol–water partition coefficient (Wildman–Crippen LogP) is 5.97. The van der Waals surface area contributed by atoms with Crippen LogP contribution in [0.4, 0.5) is 52.7 Å². The second kappa shape index (κ2) is 4.43. The SMILES string of the molecule is CN1P(C)(C(F)(F)F)(C(F)(F)F)N(C)P1(C)(C(F)(F)F)C(F)(F)F. The van der Waals surface area contributed by atoms with Gasteiger partial charge < -0.3 is 0 Å². The predicted molar refractivity (Wildman–Crippen MR) is 65.4 cm³/mol. The van der Waals surface area contributed by atoms with Gasteiger partial charge >= 0.3 is 126 Å². The summed E-state index contributed by atoms with van der Waals surface area (Å²) in [6, 6.07) is 0. The summed E-state index contributed by atoms with van der Waals surface area (Å²) in [6.45, 7) is -16.8. The molecule has 1 saturated heterocycles. The number of nitrogens with zero attached hydrogens (tertiary/aromatic N) is 2. The Morgan fingerprint density at radius 2 is 0.583 bits per heavy atom. The van der Waals surface area contributed by atoms with E-state index in [0.717, 1.165) is 0 Å². The number of halogens is 12. The normalized spacial score (nSPS) is 31.2. The molecule has 0 aromatic rings. The Balaban J connectivity index is 4.09. The molecular weight excluding hydrogens is 414 g/mol. The van der Waals surface area contributed by atoms with E-state index in [-0.39, 0.29) is 0 Å². The molecule has 0 radical (unpaired) electrons. The van der Waals surface area contributed by atoms with Crippen molar-refractivity contribution in [3.05, 3.63) is 0 Å². The Bertz CT molecular complexity index is 463. The molecule has 0 amide bonds. The fourth-order valence-corrected chi connectivity index (χ4v) is 18.9. The molecule has 0 aliphatic carbocycles. The molecule has 1 heterocycles. The van der Waals surface area contributed by atoms with E-state index in [2.05, 4.69) is 0 Å². The van der Waals surface area contributed by atoms with Gasteiger partial charge in [0.1, 0.15) is 0 Å². The third kappa shape index (κ3) is 1.51. The first kappa shape index (κ1) is 22.0. The average molecular weight is 426 g/mol. The molecule has 0 aromatic heterocycles. The van der Waals surface area contributed by atoms with Crippen molar-refractivity contribution in [3.63, 3.8) is 0 Å². The molecule has 0 bridgehead atoms. The molecule has 1 fully saturated rings. The Morgan fingerprint density at radius 1 is 0.458 bits per heavy atom. The van der Waals surface area contributed by atoms with Gasteiger partial charge in [-0.1, -0.05) is 0 Å². The monoisotopic (exact) mass is 426 g/mol. The zero-order valence-electron chi connectivity index (χ0n) is 12.3. The molecule has 1 aliphatic rings. The van der Waals surface area contributed by atoms with Crippen LogP contribution in [-0.4, -0.2) is 60.0 Å². The second-order valence-electron chi connectivity index (χ2n) is 5.75. The zero-order chi connectivity index (χ0) is 20.0. The van der Waals surface area contributed by atoms with Crippen molar-refractivity contribution in [1.82, 2.24) is 8.88 Å². The van der Waals surface area contributed by atoms with Crippen molar-refractivity contribution in [2.45, 2.75) is 23.7 Å². The molecule has 24 heavy (non-hydrogen) atoms. The third-order valence-corrected chi connectivity index (χ3v) is 21.0. The maximum absolute atomic E-state index is 13.4. The van der Waals surface area contributed by atoms with Gasteiger partial charge in [-0.2, -0.15) is 0 Å². The number of hydrogen-bond donors (Lipinski definition) is 0. The molecular formula is C8H12F12N2P2. The van der Waals surface area contributed by atoms with Crippen molar-refractivity contribution in [3.8, 4) is 0 Å². The van der Waals surface area contributed by atoms with Crippen molar-refractivity contribution in [2.24, 2.45) is 0 Å². The van der Waals surface area contributed by atoms with Crippen LogP contribution in [0.2, 0.25) is 0 Å². The van der Waals surface area contributed by atoms with Gasteiger partial charge in [0.25, 0.3) is 0 Å². The van der Waals surface area contributed by atoms with Crippen molar-refractivity contribution in [1.29, 1.82) is 0 Å². The molecule has 0 unspecified atom stereocenters. The van der Waals surface area contributed by atoms with Gasteiger partial charge in [-0.3, -0.25) is 0 Å². The van der Waals surface area contributed by atoms with Crippen LogP contribution < -0.4 is 0 Å². The molecule has 0 spiro atoms. The Hall–Kier alpha value is -0.0600. The van der Waals surface area contributed by atoms with Crippen LogP contribution in [-0.2, 0) is 0 Å². The van der Waals surface area contributed by atoms with Crippen molar-refractivity contribution < 1.29 is 52.7 Å². The molecule has 1 rings (SSSR count). The summed E-state index contributed by atoms with van der Waals surface area (Å²) in [5.41, 5.74) is 0. The van der Waals surface area contributed by atoms with Crippen LogP contribution >= 0.6 is 13.8 Å². The summed E-state index contributed by atoms with van der Waals surface area (Å²) < 4.78 is 157. The molecule has 2 nitrogen and oxygen atoms in total. The second-order valence-corrected chi connectivity index (χ2v) is 16.6. The van der Waals surface area contributed by atoms with Crippen LogP contribution in [0.15, 0.2) is 0 Å². The average Bonchev–Trinajstić information content (AvgIpc) is 2.29. The van der Waals surface area contributed by atoms with Crippen LogP contribution in [0.5, 0.6) is 0 Å². The summed E-state index contributed by atoms with van der Waals surface area (Å²) in [7, 11) is -0.783. The number of rotatable bonds is 0. The molecule has 148 valence electrons. The molecule has 0 saturated carbocycles. The topological polar surface area (TPSA) is 6.48 Å². The minimum atomic E-state index is -7.81. The Kier molecular flexibility index (Phi) is 4.06. The van der Waals surface area contributed by atoms with Crippen molar-refractivity contribution >= 4 is 13.8 Å². The van der Waals surface area contributed by atoms with Crippen LogP contribution in [0.3, 0.4) is 0 Å². The van der Waals surface area contributed by atoms with E-state index in [1.54, 1.807) is 0 Å². The fraction of sp³-hybridized carbons (Fsp3) is 1.00. The Labute approximate surface area is 127 Å². The summed E-state index contributed by atoms with van der Waals surface area (Å²) in [5.74, 6) is -25.6. The van der Waals surface area contributed by atoms with Gasteiger partial charge in [0.15, 0.2) is 0 Å². The first-order valence-electron chi connectivity index (χ1n) is 5.75. The van der Waals surface area contributed by atoms with Gasteiger partial charge in [-0.15, -0.1) is 0 Å². The standard InChI is InChI=1S/C8H12F12N2P2/c1-21-23(3,5(9,10)11,6(12,13)14)22(2)24(21,4,7(15,16)17)8(18,19)20/h1-4H3. The van der Waals surface area contributed by atoms with E-state index in [1.807, 2.05) is 0 Å². The van der Waals surface area contributed by atoms with Gasteiger partial charge in [-0.25, -0.2) is 0 Å². The van der Waals surface area contributed by atoms with Gasteiger partial charge in [0.2, 0.25) is 0 Å². The molecule has 0 aromatic carbocycles. The van der Waals surface area contributed by atoms with Gasteiger partial charge in [0, 0.05) is 0 Å². The first-order valence-corrected chi connectivity index (χ1v) is 10.9. The molecule has 1 aliphatic heterocycles.